The van der Waals surface area contributed by atoms with Crippen LogP contribution in [0.15, 0.2) is 30.6 Å². The number of carbonyl (C=O) groups is 1. The Hall–Kier alpha value is -2.01. The number of carbonyl (C=O) groups excluding carboxylic acids is 1. The van der Waals surface area contributed by atoms with Gasteiger partial charge in [-0.15, -0.1) is 0 Å². The Balaban J connectivity index is 2.18. The maximum absolute atomic E-state index is 12.2. The van der Waals surface area contributed by atoms with Crippen molar-refractivity contribution in [3.8, 4) is 0 Å². The van der Waals surface area contributed by atoms with E-state index < -0.39 is 0 Å². The van der Waals surface area contributed by atoms with Crippen LogP contribution in [0.2, 0.25) is 5.02 Å². The molecular weight excluding hydrogens is 264 g/mol. The quantitative estimate of drug-likeness (QED) is 0.752. The SMILES string of the molecule is CCC(NC(=O)c1cccc(Cl)c1N)c1ncc[nH]1. The van der Waals surface area contributed by atoms with Crippen LogP contribution in [-0.4, -0.2) is 15.9 Å². The molecule has 4 N–H and O–H groups in total. The van der Waals surface area contributed by atoms with Crippen molar-refractivity contribution in [3.05, 3.63) is 47.0 Å². The summed E-state index contributed by atoms with van der Waals surface area (Å²) in [5.41, 5.74) is 6.46. The lowest BCUT2D eigenvalue weighted by atomic mass is 10.1. The second kappa shape index (κ2) is 5.75. The van der Waals surface area contributed by atoms with Gasteiger partial charge in [-0.2, -0.15) is 0 Å². The minimum atomic E-state index is -0.261. The van der Waals surface area contributed by atoms with E-state index in [1.54, 1.807) is 30.6 Å². The van der Waals surface area contributed by atoms with Crippen molar-refractivity contribution in [2.24, 2.45) is 0 Å². The number of anilines is 1. The summed E-state index contributed by atoms with van der Waals surface area (Å²) in [4.78, 5) is 19.3. The van der Waals surface area contributed by atoms with Crippen LogP contribution >= 0.6 is 11.6 Å². The fourth-order valence-electron chi connectivity index (χ4n) is 1.80. The van der Waals surface area contributed by atoms with Crippen LogP contribution < -0.4 is 11.1 Å². The Morgan fingerprint density at radius 2 is 2.37 bits per heavy atom. The number of aromatic amines is 1. The molecule has 1 amide bonds. The number of hydrogen-bond acceptors (Lipinski definition) is 3. The first-order valence-electron chi connectivity index (χ1n) is 5.97. The number of para-hydroxylation sites is 1. The van der Waals surface area contributed by atoms with Crippen LogP contribution in [0, 0.1) is 0 Å². The van der Waals surface area contributed by atoms with E-state index in [9.17, 15) is 4.79 Å². The number of H-pyrrole nitrogens is 1. The van der Waals surface area contributed by atoms with Gasteiger partial charge in [0.1, 0.15) is 5.82 Å². The molecule has 19 heavy (non-hydrogen) atoms. The highest BCUT2D eigenvalue weighted by Crippen LogP contribution is 2.23. The van der Waals surface area contributed by atoms with Gasteiger partial charge in [-0.05, 0) is 18.6 Å². The minimum Gasteiger partial charge on any atom is -0.397 e. The number of halogens is 1. The molecule has 1 aromatic carbocycles. The Bertz CT molecular complexity index is 568. The summed E-state index contributed by atoms with van der Waals surface area (Å²) in [5.74, 6) is 0.458. The fourth-order valence-corrected chi connectivity index (χ4v) is 1.98. The molecule has 0 spiro atoms. The van der Waals surface area contributed by atoms with Crippen molar-refractivity contribution in [1.82, 2.24) is 15.3 Å². The van der Waals surface area contributed by atoms with E-state index in [-0.39, 0.29) is 17.6 Å². The summed E-state index contributed by atoms with van der Waals surface area (Å²) in [7, 11) is 0. The standard InChI is InChI=1S/C13H15ClN4O/c1-2-10(12-16-6-7-17-12)18-13(19)8-4-3-5-9(14)11(8)15/h3-7,10H,2,15H2,1H3,(H,16,17)(H,18,19). The van der Waals surface area contributed by atoms with Gasteiger partial charge < -0.3 is 16.0 Å². The number of aromatic nitrogens is 2. The zero-order valence-corrected chi connectivity index (χ0v) is 11.2. The topological polar surface area (TPSA) is 83.8 Å². The third-order valence-corrected chi connectivity index (χ3v) is 3.19. The number of imidazole rings is 1. The molecule has 0 aliphatic carbocycles. The molecule has 0 radical (unpaired) electrons. The first-order chi connectivity index (χ1) is 9.13. The number of hydrogen-bond donors (Lipinski definition) is 3. The lowest BCUT2D eigenvalue weighted by Crippen LogP contribution is -2.29. The van der Waals surface area contributed by atoms with E-state index in [0.29, 0.717) is 10.6 Å². The summed E-state index contributed by atoms with van der Waals surface area (Å²) >= 11 is 5.90. The zero-order chi connectivity index (χ0) is 13.8. The lowest BCUT2D eigenvalue weighted by molar-refractivity contribution is 0.0935. The summed E-state index contributed by atoms with van der Waals surface area (Å²) < 4.78 is 0. The third kappa shape index (κ3) is 2.88. The van der Waals surface area contributed by atoms with Gasteiger partial charge in [0.2, 0.25) is 0 Å². The maximum Gasteiger partial charge on any atom is 0.254 e. The predicted octanol–water partition coefficient (Wildman–Crippen LogP) is 2.53. The van der Waals surface area contributed by atoms with Crippen LogP contribution in [0.4, 0.5) is 5.69 Å². The predicted molar refractivity (Wildman–Crippen MR) is 75.0 cm³/mol. The molecule has 0 aliphatic heterocycles. The third-order valence-electron chi connectivity index (χ3n) is 2.86. The fraction of sp³-hybridized carbons (Fsp3) is 0.231. The number of rotatable bonds is 4. The first kappa shape index (κ1) is 13.4. The molecular formula is C13H15ClN4O. The summed E-state index contributed by atoms with van der Waals surface area (Å²) in [6, 6.07) is 4.81. The molecule has 0 saturated heterocycles. The molecule has 1 atom stereocenters. The van der Waals surface area contributed by atoms with E-state index in [4.69, 9.17) is 17.3 Å². The van der Waals surface area contributed by atoms with Crippen molar-refractivity contribution in [2.75, 3.05) is 5.73 Å². The molecule has 0 aliphatic rings. The molecule has 2 aromatic rings. The molecule has 0 fully saturated rings. The summed E-state index contributed by atoms with van der Waals surface area (Å²) in [6.45, 7) is 1.97. The monoisotopic (exact) mass is 278 g/mol. The number of nitrogen functional groups attached to an aromatic ring is 1. The first-order valence-corrected chi connectivity index (χ1v) is 6.35. The molecule has 1 aromatic heterocycles. The van der Waals surface area contributed by atoms with Crippen molar-refractivity contribution >= 4 is 23.2 Å². The van der Waals surface area contributed by atoms with Crippen molar-refractivity contribution in [1.29, 1.82) is 0 Å². The van der Waals surface area contributed by atoms with E-state index in [2.05, 4.69) is 15.3 Å². The van der Waals surface area contributed by atoms with Gasteiger partial charge >= 0.3 is 0 Å². The molecule has 0 saturated carbocycles. The number of nitrogens with two attached hydrogens (primary N) is 1. The lowest BCUT2D eigenvalue weighted by Gasteiger charge is -2.15. The zero-order valence-electron chi connectivity index (χ0n) is 10.5. The Labute approximate surface area is 116 Å². The van der Waals surface area contributed by atoms with Gasteiger partial charge in [-0.3, -0.25) is 4.79 Å². The van der Waals surface area contributed by atoms with Gasteiger partial charge in [-0.1, -0.05) is 24.6 Å². The molecule has 0 bridgehead atoms. The van der Waals surface area contributed by atoms with E-state index in [0.717, 1.165) is 12.2 Å². The van der Waals surface area contributed by atoms with Gasteiger partial charge in [0, 0.05) is 12.4 Å². The molecule has 5 nitrogen and oxygen atoms in total. The van der Waals surface area contributed by atoms with Crippen molar-refractivity contribution < 1.29 is 4.79 Å². The molecule has 2 rings (SSSR count). The highest BCUT2D eigenvalue weighted by Gasteiger charge is 2.18. The number of amides is 1. The number of nitrogens with one attached hydrogen (secondary N) is 2. The number of nitrogens with zero attached hydrogens (tertiary/aromatic N) is 1. The second-order valence-corrected chi connectivity index (χ2v) is 4.52. The van der Waals surface area contributed by atoms with Gasteiger partial charge in [-0.25, -0.2) is 4.98 Å². The Kier molecular flexibility index (Phi) is 4.06. The summed E-state index contributed by atoms with van der Waals surface area (Å²) in [6.07, 6.45) is 4.09. The Morgan fingerprint density at radius 1 is 1.58 bits per heavy atom. The van der Waals surface area contributed by atoms with E-state index >= 15 is 0 Å². The van der Waals surface area contributed by atoms with E-state index in [1.807, 2.05) is 6.92 Å². The van der Waals surface area contributed by atoms with Gasteiger partial charge in [0.25, 0.3) is 5.91 Å². The normalized spacial score (nSPS) is 12.1. The minimum absolute atomic E-state index is 0.180. The molecule has 1 unspecified atom stereocenters. The Morgan fingerprint density at radius 3 is 3.00 bits per heavy atom. The van der Waals surface area contributed by atoms with E-state index in [1.165, 1.54) is 0 Å². The second-order valence-electron chi connectivity index (χ2n) is 4.11. The van der Waals surface area contributed by atoms with Crippen molar-refractivity contribution in [3.63, 3.8) is 0 Å². The largest absolute Gasteiger partial charge is 0.397 e. The van der Waals surface area contributed by atoms with Crippen LogP contribution in [-0.2, 0) is 0 Å². The van der Waals surface area contributed by atoms with Crippen LogP contribution in [0.3, 0.4) is 0 Å². The van der Waals surface area contributed by atoms with Crippen LogP contribution in [0.25, 0.3) is 0 Å². The maximum atomic E-state index is 12.2. The molecule has 1 heterocycles. The molecule has 6 heteroatoms. The van der Waals surface area contributed by atoms with Crippen molar-refractivity contribution in [2.45, 2.75) is 19.4 Å². The smallest absolute Gasteiger partial charge is 0.254 e. The van der Waals surface area contributed by atoms with Crippen LogP contribution in [0.1, 0.15) is 35.6 Å². The highest BCUT2D eigenvalue weighted by molar-refractivity contribution is 6.33. The molecule has 100 valence electrons. The average Bonchev–Trinajstić information content (AvgIpc) is 2.92. The number of benzene rings is 1. The average molecular weight is 279 g/mol. The summed E-state index contributed by atoms with van der Waals surface area (Å²) in [5, 5.41) is 3.26. The highest BCUT2D eigenvalue weighted by atomic mass is 35.5. The van der Waals surface area contributed by atoms with Gasteiger partial charge in [0.05, 0.1) is 22.3 Å². The van der Waals surface area contributed by atoms with Gasteiger partial charge in [0.15, 0.2) is 0 Å². The van der Waals surface area contributed by atoms with Crippen LogP contribution in [0.5, 0.6) is 0 Å².